The van der Waals surface area contributed by atoms with E-state index in [0.29, 0.717) is 44.5 Å². The van der Waals surface area contributed by atoms with E-state index in [-0.39, 0.29) is 82.9 Å². The molecule has 7 heteroatoms. The lowest BCUT2D eigenvalue weighted by Crippen LogP contribution is -2.44. The van der Waals surface area contributed by atoms with Crippen LogP contribution in [0, 0.1) is 5.92 Å². The summed E-state index contributed by atoms with van der Waals surface area (Å²) in [5.74, 6) is -0.111. The van der Waals surface area contributed by atoms with Crippen molar-refractivity contribution in [1.29, 1.82) is 0 Å². The Bertz CT molecular complexity index is 2040. The summed E-state index contributed by atoms with van der Waals surface area (Å²) in [5.41, 5.74) is 8.32. The third kappa shape index (κ3) is 9.52. The predicted octanol–water partition coefficient (Wildman–Crippen LogP) is 11.0. The first kappa shape index (κ1) is 44.6. The SMILES string of the molecule is COC(=O)[C@H](C(C)C)N1Cc2cc(C(C)(C)C)cc(c2O)Cc2cc(C(C)(C)C)cc(c2O)Cc2cc(C(C)(C)C)cc(c2O)Cc2cc(C(C)(C)C)cc(c2O)C1. The molecule has 0 unspecified atom stereocenters. The molecule has 4 N–H and O–H groups in total. The molecule has 4 aromatic rings. The van der Waals surface area contributed by atoms with Gasteiger partial charge >= 0.3 is 5.97 Å². The maximum absolute atomic E-state index is 13.7. The van der Waals surface area contributed by atoms with E-state index in [1.54, 1.807) is 0 Å². The molecule has 1 heterocycles. The molecule has 0 saturated heterocycles. The Morgan fingerprint density at radius 3 is 0.914 bits per heavy atom. The molecule has 1 atom stereocenters. The van der Waals surface area contributed by atoms with Crippen LogP contribution < -0.4 is 0 Å². The van der Waals surface area contributed by atoms with Gasteiger partial charge in [0.05, 0.1) is 7.11 Å². The molecule has 0 radical (unpaired) electrons. The van der Waals surface area contributed by atoms with Gasteiger partial charge in [0.1, 0.15) is 29.0 Å². The van der Waals surface area contributed by atoms with Crippen LogP contribution in [0.25, 0.3) is 0 Å². The van der Waals surface area contributed by atoms with E-state index in [2.05, 4.69) is 83.1 Å². The first-order valence-electron chi connectivity index (χ1n) is 20.8. The molecule has 0 aliphatic carbocycles. The number of phenols is 4. The van der Waals surface area contributed by atoms with Crippen molar-refractivity contribution in [1.82, 2.24) is 4.90 Å². The van der Waals surface area contributed by atoms with Crippen LogP contribution in [0.1, 0.15) is 164 Å². The minimum Gasteiger partial charge on any atom is -0.507 e. The molecule has 1 aliphatic heterocycles. The Morgan fingerprint density at radius 2 is 0.707 bits per heavy atom. The summed E-state index contributed by atoms with van der Waals surface area (Å²) < 4.78 is 5.41. The van der Waals surface area contributed by atoms with Crippen molar-refractivity contribution in [2.45, 2.75) is 157 Å². The third-order valence-corrected chi connectivity index (χ3v) is 11.9. The van der Waals surface area contributed by atoms with Gasteiger partial charge in [-0.05, 0) is 83.2 Å². The van der Waals surface area contributed by atoms with Crippen LogP contribution in [-0.4, -0.2) is 44.4 Å². The highest BCUT2D eigenvalue weighted by Crippen LogP contribution is 2.42. The molecule has 5 rings (SSSR count). The molecule has 58 heavy (non-hydrogen) atoms. The van der Waals surface area contributed by atoms with Crippen LogP contribution in [0.5, 0.6) is 23.0 Å². The summed E-state index contributed by atoms with van der Waals surface area (Å²) >= 11 is 0. The van der Waals surface area contributed by atoms with Gasteiger partial charge in [0.25, 0.3) is 0 Å². The summed E-state index contributed by atoms with van der Waals surface area (Å²) in [7, 11) is 1.39. The smallest absolute Gasteiger partial charge is 0.323 e. The highest BCUT2D eigenvalue weighted by molar-refractivity contribution is 5.76. The van der Waals surface area contributed by atoms with Crippen LogP contribution >= 0.6 is 0 Å². The van der Waals surface area contributed by atoms with Gasteiger partial charge in [-0.1, -0.05) is 145 Å². The van der Waals surface area contributed by atoms with E-state index < -0.39 is 12.0 Å². The molecule has 0 fully saturated rings. The van der Waals surface area contributed by atoms with Gasteiger partial charge < -0.3 is 25.2 Å². The fraction of sp³-hybridized carbons (Fsp3) is 0.510. The van der Waals surface area contributed by atoms with Crippen LogP contribution in [0.2, 0.25) is 0 Å². The molecule has 4 aromatic carbocycles. The average Bonchev–Trinajstić information content (AvgIpc) is 3.08. The van der Waals surface area contributed by atoms with E-state index in [0.717, 1.165) is 22.3 Å². The lowest BCUT2D eigenvalue weighted by Gasteiger charge is -2.34. The number of phenolic OH excluding ortho intramolecular Hbond substituents is 4. The van der Waals surface area contributed by atoms with Crippen molar-refractivity contribution in [3.8, 4) is 23.0 Å². The monoisotopic (exact) mass is 792 g/mol. The van der Waals surface area contributed by atoms with E-state index in [9.17, 15) is 25.2 Å². The minimum absolute atomic E-state index is 0.0992. The Morgan fingerprint density at radius 1 is 0.483 bits per heavy atom. The fourth-order valence-electron chi connectivity index (χ4n) is 8.09. The predicted molar refractivity (Wildman–Crippen MR) is 236 cm³/mol. The van der Waals surface area contributed by atoms with Gasteiger partial charge in [0.15, 0.2) is 0 Å². The van der Waals surface area contributed by atoms with E-state index in [1.165, 1.54) is 7.11 Å². The number of fused-ring (bicyclic) bond motifs is 8. The normalized spacial score (nSPS) is 15.2. The van der Waals surface area contributed by atoms with Gasteiger partial charge in [-0.2, -0.15) is 0 Å². The zero-order chi connectivity index (χ0) is 43.4. The fourth-order valence-corrected chi connectivity index (χ4v) is 8.09. The zero-order valence-electron chi connectivity index (χ0n) is 37.9. The topological polar surface area (TPSA) is 110 Å². The number of hydrogen-bond donors (Lipinski definition) is 4. The quantitative estimate of drug-likeness (QED) is 0.153. The number of carbonyl (C=O) groups excluding carboxylic acids is 1. The first-order valence-corrected chi connectivity index (χ1v) is 20.8. The number of methoxy groups -OCH3 is 1. The van der Waals surface area contributed by atoms with Gasteiger partial charge in [0, 0.05) is 43.5 Å². The van der Waals surface area contributed by atoms with Gasteiger partial charge in [-0.3, -0.25) is 9.69 Å². The Kier molecular flexibility index (Phi) is 12.3. The van der Waals surface area contributed by atoms with Gasteiger partial charge in [0.2, 0.25) is 0 Å². The lowest BCUT2D eigenvalue weighted by atomic mass is 9.80. The lowest BCUT2D eigenvalue weighted by molar-refractivity contribution is -0.149. The molecule has 7 nitrogen and oxygen atoms in total. The van der Waals surface area contributed by atoms with Crippen molar-refractivity contribution in [2.75, 3.05) is 7.11 Å². The second kappa shape index (κ2) is 15.9. The van der Waals surface area contributed by atoms with Gasteiger partial charge in [-0.25, -0.2) is 0 Å². The number of rotatable bonds is 3. The van der Waals surface area contributed by atoms with Crippen molar-refractivity contribution >= 4 is 5.97 Å². The summed E-state index contributed by atoms with van der Waals surface area (Å²) in [4.78, 5) is 15.7. The molecule has 314 valence electrons. The number of hydrogen-bond acceptors (Lipinski definition) is 7. The van der Waals surface area contributed by atoms with Crippen molar-refractivity contribution in [3.63, 3.8) is 0 Å². The summed E-state index contributed by atoms with van der Waals surface area (Å²) in [6, 6.07) is 15.6. The number of esters is 1. The molecule has 0 spiro atoms. The molecule has 1 aliphatic rings. The Hall–Kier alpha value is -4.49. The zero-order valence-corrected chi connectivity index (χ0v) is 37.9. The van der Waals surface area contributed by atoms with Gasteiger partial charge in [-0.15, -0.1) is 0 Å². The number of aromatic hydroxyl groups is 4. The molecule has 8 bridgehead atoms. The largest absolute Gasteiger partial charge is 0.507 e. The Balaban J connectivity index is 1.94. The van der Waals surface area contributed by atoms with E-state index in [1.807, 2.05) is 67.3 Å². The molecule has 0 amide bonds. The summed E-state index contributed by atoms with van der Waals surface area (Å²) in [6.07, 6.45) is 0.795. The summed E-state index contributed by atoms with van der Waals surface area (Å²) in [5, 5.41) is 48.9. The van der Waals surface area contributed by atoms with Crippen LogP contribution in [0.3, 0.4) is 0 Å². The van der Waals surface area contributed by atoms with Crippen molar-refractivity contribution in [2.24, 2.45) is 5.92 Å². The third-order valence-electron chi connectivity index (χ3n) is 11.9. The molecule has 0 saturated carbocycles. The average molecular weight is 792 g/mol. The number of nitrogens with zero attached hydrogens (tertiary/aromatic N) is 1. The highest BCUT2D eigenvalue weighted by Gasteiger charge is 2.34. The standard InChI is InChI=1S/C51H69NO6/c1-29(2)42(47(57)58-15)52-27-36-25-40(50(9,10)11)23-34(45(36)55)17-32-21-38(48(3,4)5)19-30(43(32)53)16-31-20-39(49(6,7)8)22-33(44(31)54)18-35-24-41(51(12,13)14)26-37(28-52)46(35)56/h19-26,29,42,53-56H,16-18,27-28H2,1-15H3/t42-/m0/s1. The molecule has 0 aromatic heterocycles. The van der Waals surface area contributed by atoms with Crippen LogP contribution in [-0.2, 0) is 63.5 Å². The number of carbonyl (C=O) groups is 1. The second-order valence-electron chi connectivity index (χ2n) is 21.2. The number of ether oxygens (including phenoxy) is 1. The number of benzene rings is 4. The first-order chi connectivity index (χ1) is 26.6. The second-order valence-corrected chi connectivity index (χ2v) is 21.2. The van der Waals surface area contributed by atoms with E-state index >= 15 is 0 Å². The molecular weight excluding hydrogens is 723 g/mol. The maximum Gasteiger partial charge on any atom is 0.323 e. The van der Waals surface area contributed by atoms with Crippen LogP contribution in [0.15, 0.2) is 48.5 Å². The highest BCUT2D eigenvalue weighted by atomic mass is 16.5. The maximum atomic E-state index is 13.7. The van der Waals surface area contributed by atoms with E-state index in [4.69, 9.17) is 4.74 Å². The molecular formula is C51H69NO6. The van der Waals surface area contributed by atoms with Crippen molar-refractivity contribution in [3.05, 3.63) is 115 Å². The summed E-state index contributed by atoms with van der Waals surface area (Å²) in [6.45, 7) is 30.0. The van der Waals surface area contributed by atoms with Crippen molar-refractivity contribution < 1.29 is 30.0 Å². The Labute approximate surface area is 348 Å². The van der Waals surface area contributed by atoms with Crippen LogP contribution in [0.4, 0.5) is 0 Å². The minimum atomic E-state index is -0.706.